The van der Waals surface area contributed by atoms with Crippen LogP contribution in [0.1, 0.15) is 21.7 Å². The van der Waals surface area contributed by atoms with E-state index in [2.05, 4.69) is 148 Å². The number of rotatable bonds is 6. The summed E-state index contributed by atoms with van der Waals surface area (Å²) in [4.78, 5) is 10.6. The number of aromatic amines is 1. The highest BCUT2D eigenvalue weighted by Gasteiger charge is 2.21. The van der Waals surface area contributed by atoms with E-state index >= 15 is 0 Å². The molecule has 1 N–H and O–H groups in total. The predicted molar refractivity (Wildman–Crippen MR) is 189 cm³/mol. The van der Waals surface area contributed by atoms with Crippen LogP contribution in [0.3, 0.4) is 0 Å². The highest BCUT2D eigenvalue weighted by atomic mass is 32.1. The zero-order chi connectivity index (χ0) is 30.3. The van der Waals surface area contributed by atoms with Gasteiger partial charge >= 0.3 is 0 Å². The van der Waals surface area contributed by atoms with Gasteiger partial charge in [-0.1, -0.05) is 59.9 Å². The average Bonchev–Trinajstić information content (AvgIpc) is 3.67. The second-order valence-electron chi connectivity index (χ2n) is 12.4. The number of hydrogen-bond acceptors (Lipinski definition) is 4. The zero-order valence-corrected chi connectivity index (χ0v) is 26.7. The van der Waals surface area contributed by atoms with Gasteiger partial charge in [-0.3, -0.25) is 4.90 Å². The fraction of sp³-hybridized carbons (Fsp3) is 0.205. The first-order valence-corrected chi connectivity index (χ1v) is 16.6. The molecule has 0 saturated carbocycles. The second-order valence-corrected chi connectivity index (χ2v) is 13.5. The number of hydrogen-bond donors (Lipinski definition) is 1. The molecule has 224 valence electrons. The molecule has 0 aliphatic carbocycles. The van der Waals surface area contributed by atoms with Crippen LogP contribution in [0.5, 0.6) is 0 Å². The van der Waals surface area contributed by atoms with E-state index < -0.39 is 0 Å². The zero-order valence-electron chi connectivity index (χ0n) is 25.9. The summed E-state index contributed by atoms with van der Waals surface area (Å²) < 4.78 is 3.61. The summed E-state index contributed by atoms with van der Waals surface area (Å²) in [5.74, 6) is 0. The lowest BCUT2D eigenvalue weighted by Crippen LogP contribution is -2.43. The average molecular weight is 609 g/mol. The van der Waals surface area contributed by atoms with E-state index in [4.69, 9.17) is 0 Å². The molecular weight excluding hydrogens is 571 g/mol. The number of likely N-dealkylation sites (N-methyl/N-ethyl adjacent to an activating group) is 1. The van der Waals surface area contributed by atoms with Crippen LogP contribution in [0.15, 0.2) is 109 Å². The summed E-state index contributed by atoms with van der Waals surface area (Å²) in [6, 6.07) is 33.6. The largest absolute Gasteiger partial charge is 0.361 e. The van der Waals surface area contributed by atoms with Crippen LogP contribution in [0, 0.1) is 0 Å². The van der Waals surface area contributed by atoms with E-state index in [1.807, 2.05) is 17.5 Å². The maximum Gasteiger partial charge on any atom is 0.263 e. The molecule has 0 bridgehead atoms. The SMILES string of the molecule is CN1CCN(Cc2ccc(CN3C=CC(=Cc4sc5cc(-c6ccc7[nH]ccc7c6)ccc5[n+]4C)c4ccccc43)cc2)CC1. The van der Waals surface area contributed by atoms with Crippen LogP contribution in [0.2, 0.25) is 0 Å². The van der Waals surface area contributed by atoms with Crippen molar-refractivity contribution in [2.75, 3.05) is 38.1 Å². The molecule has 0 spiro atoms. The van der Waals surface area contributed by atoms with Gasteiger partial charge in [-0.05, 0) is 82.7 Å². The van der Waals surface area contributed by atoms with Crippen molar-refractivity contribution in [2.24, 2.45) is 7.05 Å². The third-order valence-electron chi connectivity index (χ3n) is 9.37. The first-order chi connectivity index (χ1) is 22.1. The van der Waals surface area contributed by atoms with Crippen molar-refractivity contribution in [1.82, 2.24) is 14.8 Å². The van der Waals surface area contributed by atoms with Gasteiger partial charge in [0.1, 0.15) is 11.7 Å². The van der Waals surface area contributed by atoms with Crippen molar-refractivity contribution in [1.29, 1.82) is 0 Å². The first kappa shape index (κ1) is 28.0. The van der Waals surface area contributed by atoms with Gasteiger partial charge in [-0.2, -0.15) is 4.57 Å². The third-order valence-corrected chi connectivity index (χ3v) is 10.5. The van der Waals surface area contributed by atoms with Crippen LogP contribution in [0.4, 0.5) is 5.69 Å². The van der Waals surface area contributed by atoms with E-state index in [1.165, 1.54) is 65.2 Å². The van der Waals surface area contributed by atoms with Gasteiger partial charge in [0.2, 0.25) is 5.52 Å². The molecule has 1 fully saturated rings. The van der Waals surface area contributed by atoms with Crippen molar-refractivity contribution >= 4 is 49.8 Å². The number of H-pyrrole nitrogens is 1. The molecule has 0 radical (unpaired) electrons. The molecule has 5 nitrogen and oxygen atoms in total. The Hall–Kier alpha value is -4.49. The van der Waals surface area contributed by atoms with E-state index in [1.54, 1.807) is 0 Å². The minimum atomic E-state index is 0.851. The number of fused-ring (bicyclic) bond motifs is 3. The monoisotopic (exact) mass is 608 g/mol. The molecule has 45 heavy (non-hydrogen) atoms. The number of nitrogens with one attached hydrogen (secondary N) is 1. The number of para-hydroxylation sites is 1. The van der Waals surface area contributed by atoms with Gasteiger partial charge < -0.3 is 14.8 Å². The summed E-state index contributed by atoms with van der Waals surface area (Å²) in [5.41, 5.74) is 11.4. The van der Waals surface area contributed by atoms with Crippen molar-refractivity contribution in [3.63, 3.8) is 0 Å². The number of nitrogens with zero attached hydrogens (tertiary/aromatic N) is 4. The summed E-state index contributed by atoms with van der Waals surface area (Å²) >= 11 is 1.85. The minimum absolute atomic E-state index is 0.851. The molecule has 0 unspecified atom stereocenters. The molecule has 4 aromatic carbocycles. The number of thiazole rings is 1. The number of allylic oxidation sites excluding steroid dienone is 2. The maximum absolute atomic E-state index is 3.30. The van der Waals surface area contributed by atoms with Crippen LogP contribution in [-0.2, 0) is 20.1 Å². The Morgan fingerprint density at radius 1 is 0.822 bits per heavy atom. The van der Waals surface area contributed by atoms with Gasteiger partial charge in [0.25, 0.3) is 5.01 Å². The quantitative estimate of drug-likeness (QED) is 0.197. The lowest BCUT2D eigenvalue weighted by Gasteiger charge is -2.32. The summed E-state index contributed by atoms with van der Waals surface area (Å²) in [5, 5.41) is 2.48. The molecule has 2 aromatic heterocycles. The fourth-order valence-corrected chi connectivity index (χ4v) is 7.77. The van der Waals surface area contributed by atoms with Gasteiger partial charge in [0, 0.05) is 80.6 Å². The summed E-state index contributed by atoms with van der Waals surface area (Å²) in [6.45, 7) is 6.50. The predicted octanol–water partition coefficient (Wildman–Crippen LogP) is 7.70. The maximum atomic E-state index is 3.30. The van der Waals surface area contributed by atoms with Crippen molar-refractivity contribution in [3.05, 3.63) is 131 Å². The van der Waals surface area contributed by atoms with Gasteiger partial charge in [-0.15, -0.1) is 0 Å². The Morgan fingerprint density at radius 2 is 1.58 bits per heavy atom. The molecular formula is C39H38N5S+. The number of aryl methyl sites for hydroxylation is 1. The molecule has 2 aliphatic heterocycles. The minimum Gasteiger partial charge on any atom is -0.361 e. The van der Waals surface area contributed by atoms with E-state index in [0.29, 0.717) is 0 Å². The summed E-state index contributed by atoms with van der Waals surface area (Å²) in [6.07, 6.45) is 8.86. The third kappa shape index (κ3) is 5.61. The van der Waals surface area contributed by atoms with Crippen LogP contribution in [0.25, 0.3) is 43.9 Å². The fourth-order valence-electron chi connectivity index (χ4n) is 6.63. The summed E-state index contributed by atoms with van der Waals surface area (Å²) in [7, 11) is 4.39. The van der Waals surface area contributed by atoms with Crippen molar-refractivity contribution < 1.29 is 4.57 Å². The normalized spacial score (nSPS) is 16.7. The Bertz CT molecular complexity index is 2060. The molecule has 2 aliphatic rings. The van der Waals surface area contributed by atoms with Crippen molar-refractivity contribution in [2.45, 2.75) is 13.1 Å². The molecule has 0 atom stereocenters. The van der Waals surface area contributed by atoms with Gasteiger partial charge in [-0.25, -0.2) is 0 Å². The van der Waals surface area contributed by atoms with Gasteiger partial charge in [0.15, 0.2) is 0 Å². The molecule has 1 saturated heterocycles. The van der Waals surface area contributed by atoms with Crippen LogP contribution < -0.4 is 9.47 Å². The van der Waals surface area contributed by atoms with E-state index in [0.717, 1.165) is 39.3 Å². The van der Waals surface area contributed by atoms with Crippen molar-refractivity contribution in [3.8, 4) is 11.1 Å². The molecule has 0 amide bonds. The topological polar surface area (TPSA) is 29.4 Å². The highest BCUT2D eigenvalue weighted by molar-refractivity contribution is 7.19. The number of benzene rings is 4. The van der Waals surface area contributed by atoms with E-state index in [9.17, 15) is 0 Å². The Kier molecular flexibility index (Phi) is 7.34. The number of aromatic nitrogens is 2. The van der Waals surface area contributed by atoms with Gasteiger partial charge in [0.05, 0.1) is 0 Å². The Morgan fingerprint density at radius 3 is 2.42 bits per heavy atom. The van der Waals surface area contributed by atoms with Crippen LogP contribution >= 0.6 is 11.3 Å². The Labute approximate surface area is 269 Å². The standard InChI is InChI=1S/C39H38N5S/c1-41-19-21-43(22-20-41)26-28-7-9-29(10-8-28)27-44-18-16-32(34-5-3-4-6-36(34)44)25-39-42(2)37-14-12-31(24-38(37)45-39)30-11-13-35-33(23-30)15-17-40-35/h3-18,23-25,40H,19-22,26-27H2,1-2H3/q+1. The number of piperazine rings is 1. The smallest absolute Gasteiger partial charge is 0.263 e. The molecule has 8 rings (SSSR count). The lowest BCUT2D eigenvalue weighted by atomic mass is 9.99. The number of anilines is 1. The van der Waals surface area contributed by atoms with E-state index in [-0.39, 0.29) is 0 Å². The highest BCUT2D eigenvalue weighted by Crippen LogP contribution is 2.36. The second kappa shape index (κ2) is 11.8. The first-order valence-electron chi connectivity index (χ1n) is 15.8. The lowest BCUT2D eigenvalue weighted by molar-refractivity contribution is -0.642. The van der Waals surface area contributed by atoms with Crippen LogP contribution in [-0.4, -0.2) is 48.0 Å². The molecule has 6 aromatic rings. The molecule has 4 heterocycles. The Balaban J connectivity index is 1.03. The molecule has 6 heteroatoms.